The maximum Gasteiger partial charge on any atom is 0.447 e. The minimum absolute atomic E-state index is 0.247. The van der Waals surface area contributed by atoms with Gasteiger partial charge in [0.15, 0.2) is 0 Å². The molecule has 0 aromatic rings. The minimum Gasteiger partial charge on any atom is -0.462 e. The molecular formula is C6H13N2O5P. The quantitative estimate of drug-likeness (QED) is 0.306. The average molecular weight is 224 g/mol. The molecule has 0 spiro atoms. The summed E-state index contributed by atoms with van der Waals surface area (Å²) in [4.78, 5) is 10.7. The maximum absolute atomic E-state index is 11.3. The zero-order chi connectivity index (χ0) is 11.0. The van der Waals surface area contributed by atoms with Gasteiger partial charge in [0, 0.05) is 14.2 Å². The monoisotopic (exact) mass is 224 g/mol. The first kappa shape index (κ1) is 13.1. The predicted molar refractivity (Wildman–Crippen MR) is 49.9 cm³/mol. The van der Waals surface area contributed by atoms with E-state index in [2.05, 4.69) is 24.1 Å². The van der Waals surface area contributed by atoms with Crippen molar-refractivity contribution in [3.63, 3.8) is 0 Å². The molecule has 0 radical (unpaired) electrons. The van der Waals surface area contributed by atoms with Crippen molar-refractivity contribution < 1.29 is 23.1 Å². The number of hydrazone groups is 1. The first-order chi connectivity index (χ1) is 6.58. The highest BCUT2D eigenvalue weighted by molar-refractivity contribution is 7.51. The van der Waals surface area contributed by atoms with Gasteiger partial charge in [-0.25, -0.2) is 14.6 Å². The summed E-state index contributed by atoms with van der Waals surface area (Å²) in [5.41, 5.74) is 0. The van der Waals surface area contributed by atoms with Crippen LogP contribution in [-0.2, 0) is 23.1 Å². The molecule has 0 aliphatic rings. The van der Waals surface area contributed by atoms with Gasteiger partial charge in [0.05, 0.1) is 6.61 Å². The van der Waals surface area contributed by atoms with E-state index >= 15 is 0 Å². The van der Waals surface area contributed by atoms with Crippen molar-refractivity contribution in [2.24, 2.45) is 5.10 Å². The lowest BCUT2D eigenvalue weighted by atomic mass is 10.7. The second kappa shape index (κ2) is 6.53. The Morgan fingerprint density at radius 2 is 2.07 bits per heavy atom. The van der Waals surface area contributed by atoms with E-state index in [1.165, 1.54) is 14.2 Å². The van der Waals surface area contributed by atoms with Gasteiger partial charge in [-0.3, -0.25) is 9.05 Å². The van der Waals surface area contributed by atoms with E-state index < -0.39 is 13.7 Å². The van der Waals surface area contributed by atoms with Gasteiger partial charge >= 0.3 is 13.7 Å². The number of nitrogens with one attached hydrogen (secondary N) is 1. The second-order valence-electron chi connectivity index (χ2n) is 1.97. The van der Waals surface area contributed by atoms with Crippen molar-refractivity contribution in [2.75, 3.05) is 20.8 Å². The largest absolute Gasteiger partial charge is 0.462 e. The molecule has 0 aromatic carbocycles. The molecule has 0 saturated carbocycles. The van der Waals surface area contributed by atoms with Gasteiger partial charge in [0.2, 0.25) is 0 Å². The molecule has 82 valence electrons. The number of carbonyl (C=O) groups is 1. The van der Waals surface area contributed by atoms with Crippen molar-refractivity contribution in [2.45, 2.75) is 6.92 Å². The van der Waals surface area contributed by atoms with Crippen LogP contribution in [0.2, 0.25) is 0 Å². The molecule has 8 heteroatoms. The summed E-state index contributed by atoms with van der Waals surface area (Å²) >= 11 is 0. The fraction of sp³-hybridized carbons (Fsp3) is 0.667. The molecule has 0 rings (SSSR count). The summed E-state index contributed by atoms with van der Waals surface area (Å²) < 4.78 is 24.8. The fourth-order valence-electron chi connectivity index (χ4n) is 0.488. The van der Waals surface area contributed by atoms with E-state index in [1.807, 2.05) is 0 Å². The molecule has 1 N–H and O–H groups in total. The smallest absolute Gasteiger partial charge is 0.447 e. The summed E-state index contributed by atoms with van der Waals surface area (Å²) in [6.45, 7) is 1.91. The molecule has 0 amide bonds. The van der Waals surface area contributed by atoms with E-state index in [4.69, 9.17) is 0 Å². The maximum atomic E-state index is 11.3. The van der Waals surface area contributed by atoms with Gasteiger partial charge in [-0.15, -0.1) is 0 Å². The topological polar surface area (TPSA) is 86.2 Å². The Hall–Kier alpha value is -0.910. The zero-order valence-electron chi connectivity index (χ0n) is 8.22. The summed E-state index contributed by atoms with van der Waals surface area (Å²) in [6, 6.07) is 0. The van der Waals surface area contributed by atoms with Gasteiger partial charge in [-0.2, -0.15) is 5.10 Å². The molecule has 0 fully saturated rings. The van der Waals surface area contributed by atoms with E-state index in [0.29, 0.717) is 0 Å². The molecule has 0 bridgehead atoms. The fourth-order valence-corrected chi connectivity index (χ4v) is 1.000. The Morgan fingerprint density at radius 3 is 2.50 bits per heavy atom. The number of nitrogens with zero attached hydrogens (tertiary/aromatic N) is 1. The van der Waals surface area contributed by atoms with Crippen LogP contribution in [0.25, 0.3) is 0 Å². The standard InChI is InChI=1S/C6H13N2O5P/c1-4-13-6(9)5-7-8-14(10,11-2)12-3/h5H,4H2,1-3H3,(H,8,10)/b7-5+. The van der Waals surface area contributed by atoms with Gasteiger partial charge in [-0.05, 0) is 6.92 Å². The average Bonchev–Trinajstić information content (AvgIpc) is 2.18. The predicted octanol–water partition coefficient (Wildman–Crippen LogP) is 0.526. The Kier molecular flexibility index (Phi) is 6.11. The van der Waals surface area contributed by atoms with Crippen molar-refractivity contribution in [3.05, 3.63) is 0 Å². The number of esters is 1. The normalized spacial score (nSPS) is 11.6. The first-order valence-electron chi connectivity index (χ1n) is 3.76. The Bertz CT molecular complexity index is 247. The molecule has 0 heterocycles. The molecule has 0 atom stereocenters. The number of hydrogen-bond donors (Lipinski definition) is 1. The Labute approximate surface area is 82.0 Å². The lowest BCUT2D eigenvalue weighted by molar-refractivity contribution is -0.134. The molecule has 0 unspecified atom stereocenters. The summed E-state index contributed by atoms with van der Waals surface area (Å²) in [7, 11) is -1.03. The first-order valence-corrected chi connectivity index (χ1v) is 5.30. The SMILES string of the molecule is CCOC(=O)/C=N/NP(=O)(OC)OC. The number of ether oxygens (including phenoxy) is 1. The van der Waals surface area contributed by atoms with Crippen molar-refractivity contribution >= 4 is 19.9 Å². The number of carbonyl (C=O) groups excluding carboxylic acids is 1. The van der Waals surface area contributed by atoms with Crippen LogP contribution >= 0.6 is 7.75 Å². The van der Waals surface area contributed by atoms with Gasteiger partial charge in [0.25, 0.3) is 0 Å². The van der Waals surface area contributed by atoms with E-state index in [-0.39, 0.29) is 6.61 Å². The van der Waals surface area contributed by atoms with Crippen LogP contribution in [0.4, 0.5) is 0 Å². The molecule has 0 aliphatic heterocycles. The van der Waals surface area contributed by atoms with Crippen molar-refractivity contribution in [1.29, 1.82) is 0 Å². The van der Waals surface area contributed by atoms with Gasteiger partial charge in [0.1, 0.15) is 6.21 Å². The van der Waals surface area contributed by atoms with Crippen LogP contribution in [0.15, 0.2) is 5.10 Å². The molecular weight excluding hydrogens is 211 g/mol. The van der Waals surface area contributed by atoms with E-state index in [9.17, 15) is 9.36 Å². The highest BCUT2D eigenvalue weighted by atomic mass is 31.2. The van der Waals surface area contributed by atoms with Crippen molar-refractivity contribution in [1.82, 2.24) is 5.20 Å². The van der Waals surface area contributed by atoms with E-state index in [1.54, 1.807) is 6.92 Å². The lowest BCUT2D eigenvalue weighted by Crippen LogP contribution is -2.10. The molecule has 14 heavy (non-hydrogen) atoms. The van der Waals surface area contributed by atoms with Crippen molar-refractivity contribution in [3.8, 4) is 0 Å². The second-order valence-corrected chi connectivity index (χ2v) is 3.90. The van der Waals surface area contributed by atoms with Crippen LogP contribution in [0, 0.1) is 0 Å². The van der Waals surface area contributed by atoms with Crippen LogP contribution in [0.5, 0.6) is 0 Å². The van der Waals surface area contributed by atoms with Crippen LogP contribution in [0.3, 0.4) is 0 Å². The third kappa shape index (κ3) is 4.96. The summed E-state index contributed by atoms with van der Waals surface area (Å²) in [5.74, 6) is -0.640. The lowest BCUT2D eigenvalue weighted by Gasteiger charge is -2.10. The zero-order valence-corrected chi connectivity index (χ0v) is 9.11. The Balaban J connectivity index is 4.03. The van der Waals surface area contributed by atoms with E-state index in [0.717, 1.165) is 6.21 Å². The highest BCUT2D eigenvalue weighted by Gasteiger charge is 2.19. The summed E-state index contributed by atoms with van der Waals surface area (Å²) in [5, 5.41) is 5.41. The minimum atomic E-state index is -3.41. The summed E-state index contributed by atoms with van der Waals surface area (Å²) in [6.07, 6.45) is 0.841. The van der Waals surface area contributed by atoms with Gasteiger partial charge < -0.3 is 4.74 Å². The molecule has 0 aliphatic carbocycles. The third-order valence-corrected chi connectivity index (χ3v) is 2.44. The van der Waals surface area contributed by atoms with Gasteiger partial charge in [-0.1, -0.05) is 0 Å². The van der Waals surface area contributed by atoms with Crippen LogP contribution in [-0.4, -0.2) is 33.0 Å². The van der Waals surface area contributed by atoms with Crippen LogP contribution in [0.1, 0.15) is 6.92 Å². The molecule has 0 aromatic heterocycles. The third-order valence-electron chi connectivity index (χ3n) is 1.12. The molecule has 0 saturated heterocycles. The molecule has 7 nitrogen and oxygen atoms in total. The number of rotatable bonds is 6. The highest BCUT2D eigenvalue weighted by Crippen LogP contribution is 2.40. The Morgan fingerprint density at radius 1 is 1.50 bits per heavy atom. The number of hydrogen-bond acceptors (Lipinski definition) is 6. The van der Waals surface area contributed by atoms with Crippen LogP contribution < -0.4 is 5.20 Å².